The summed E-state index contributed by atoms with van der Waals surface area (Å²) >= 11 is 0. The van der Waals surface area contributed by atoms with Gasteiger partial charge in [0.2, 0.25) is 0 Å². The summed E-state index contributed by atoms with van der Waals surface area (Å²) in [5.74, 6) is -3.19. The highest BCUT2D eigenvalue weighted by atomic mass is 19.1. The predicted molar refractivity (Wildman–Crippen MR) is 86.8 cm³/mol. The molecule has 1 heterocycles. The van der Waals surface area contributed by atoms with Crippen LogP contribution in [-0.2, 0) is 24.2 Å². The Bertz CT molecular complexity index is 781. The first-order chi connectivity index (χ1) is 12.0. The van der Waals surface area contributed by atoms with Crippen molar-refractivity contribution in [2.45, 2.75) is 26.4 Å². The van der Waals surface area contributed by atoms with E-state index in [-0.39, 0.29) is 18.6 Å². The van der Waals surface area contributed by atoms with Crippen molar-refractivity contribution >= 4 is 5.97 Å². The second kappa shape index (κ2) is 7.09. The van der Waals surface area contributed by atoms with Gasteiger partial charge < -0.3 is 14.6 Å². The van der Waals surface area contributed by atoms with E-state index in [0.717, 1.165) is 35.4 Å². The van der Waals surface area contributed by atoms with Gasteiger partial charge in [0, 0.05) is 12.0 Å². The van der Waals surface area contributed by atoms with Gasteiger partial charge in [-0.1, -0.05) is 25.1 Å². The molecule has 1 unspecified atom stereocenters. The highest BCUT2D eigenvalue weighted by Crippen LogP contribution is 2.31. The molecule has 0 saturated carbocycles. The largest absolute Gasteiger partial charge is 0.493 e. The fourth-order valence-corrected chi connectivity index (χ4v) is 2.86. The lowest BCUT2D eigenvalue weighted by atomic mass is 10.0. The van der Waals surface area contributed by atoms with E-state index in [4.69, 9.17) is 14.6 Å². The van der Waals surface area contributed by atoms with E-state index >= 15 is 0 Å². The highest BCUT2D eigenvalue weighted by molar-refractivity contribution is 5.69. The Kier molecular flexibility index (Phi) is 4.88. The lowest BCUT2D eigenvalue weighted by molar-refractivity contribution is -0.141. The number of carboxylic acids is 1. The van der Waals surface area contributed by atoms with E-state index in [1.165, 1.54) is 6.92 Å². The average molecular weight is 348 g/mol. The molecule has 1 aliphatic heterocycles. The molecule has 2 aromatic carbocycles. The molecule has 2 aromatic rings. The second-order valence-corrected chi connectivity index (χ2v) is 6.12. The molecule has 25 heavy (non-hydrogen) atoms. The van der Waals surface area contributed by atoms with Crippen LogP contribution in [-0.4, -0.2) is 17.7 Å². The van der Waals surface area contributed by atoms with Gasteiger partial charge in [0.25, 0.3) is 0 Å². The molecule has 3 rings (SSSR count). The molecule has 0 saturated heterocycles. The number of aliphatic carboxylic acids is 1. The van der Waals surface area contributed by atoms with Crippen LogP contribution in [0.1, 0.15) is 23.6 Å². The molecule has 4 nitrogen and oxygen atoms in total. The quantitative estimate of drug-likeness (QED) is 0.864. The molecule has 132 valence electrons. The number of hydrogen-bond donors (Lipinski definition) is 1. The summed E-state index contributed by atoms with van der Waals surface area (Å²) in [6.45, 7) is 2.06. The second-order valence-electron chi connectivity index (χ2n) is 6.12. The number of ether oxygens (including phenoxy) is 2. The molecular weight excluding hydrogens is 330 g/mol. The maximum Gasteiger partial charge on any atom is 0.306 e. The first kappa shape index (κ1) is 17.2. The maximum absolute atomic E-state index is 14.2. The van der Waals surface area contributed by atoms with E-state index < -0.39 is 29.3 Å². The minimum atomic E-state index is -1.01. The van der Waals surface area contributed by atoms with Gasteiger partial charge in [-0.25, -0.2) is 8.78 Å². The first-order valence-corrected chi connectivity index (χ1v) is 8.02. The molecule has 1 aliphatic rings. The third kappa shape index (κ3) is 3.73. The van der Waals surface area contributed by atoms with E-state index in [1.54, 1.807) is 6.07 Å². The minimum absolute atomic E-state index is 0.0120. The highest BCUT2D eigenvalue weighted by Gasteiger charge is 2.19. The Balaban J connectivity index is 1.75. The standard InChI is InChI=1S/C19H18F2O4/c1-11(19(22)23)7-12-8-15(20)18(16(21)9-12)25-10-14-4-2-3-13-5-6-24-17(13)14/h2-4,8-9,11H,5-7,10H2,1H3,(H,22,23). The number of fused-ring (bicyclic) bond motifs is 1. The molecule has 0 radical (unpaired) electrons. The van der Waals surface area contributed by atoms with Crippen molar-refractivity contribution in [3.8, 4) is 11.5 Å². The predicted octanol–water partition coefficient (Wildman–Crippen LogP) is 3.74. The Morgan fingerprint density at radius 2 is 2.04 bits per heavy atom. The Morgan fingerprint density at radius 1 is 1.32 bits per heavy atom. The lowest BCUT2D eigenvalue weighted by Gasteiger charge is -2.13. The van der Waals surface area contributed by atoms with Gasteiger partial charge in [0.1, 0.15) is 12.4 Å². The summed E-state index contributed by atoms with van der Waals surface area (Å²) < 4.78 is 39.3. The van der Waals surface area contributed by atoms with Crippen LogP contribution in [0, 0.1) is 17.6 Å². The van der Waals surface area contributed by atoms with E-state index in [9.17, 15) is 13.6 Å². The lowest BCUT2D eigenvalue weighted by Crippen LogP contribution is -2.12. The Morgan fingerprint density at radius 3 is 2.72 bits per heavy atom. The van der Waals surface area contributed by atoms with Crippen LogP contribution in [0.15, 0.2) is 30.3 Å². The SMILES string of the molecule is CC(Cc1cc(F)c(OCc2cccc3c2OCC3)c(F)c1)C(=O)O. The number of carboxylic acid groups (broad SMARTS) is 1. The van der Waals surface area contributed by atoms with Crippen molar-refractivity contribution in [3.05, 3.63) is 58.7 Å². The summed E-state index contributed by atoms with van der Waals surface area (Å²) in [7, 11) is 0. The summed E-state index contributed by atoms with van der Waals surface area (Å²) in [4.78, 5) is 10.9. The Labute approximate surface area is 144 Å². The molecule has 1 atom stereocenters. The van der Waals surface area contributed by atoms with Crippen molar-refractivity contribution < 1.29 is 28.2 Å². The van der Waals surface area contributed by atoms with Crippen LogP contribution >= 0.6 is 0 Å². The number of carbonyl (C=O) groups is 1. The van der Waals surface area contributed by atoms with Crippen molar-refractivity contribution in [2.75, 3.05) is 6.61 Å². The Hall–Kier alpha value is -2.63. The number of benzene rings is 2. The molecule has 1 N–H and O–H groups in total. The first-order valence-electron chi connectivity index (χ1n) is 8.02. The zero-order valence-corrected chi connectivity index (χ0v) is 13.7. The molecule has 0 bridgehead atoms. The van der Waals surface area contributed by atoms with Crippen LogP contribution in [0.3, 0.4) is 0 Å². The fraction of sp³-hybridized carbons (Fsp3) is 0.316. The molecule has 0 amide bonds. The van der Waals surface area contributed by atoms with Crippen molar-refractivity contribution in [1.82, 2.24) is 0 Å². The molecular formula is C19H18F2O4. The van der Waals surface area contributed by atoms with Gasteiger partial charge in [-0.3, -0.25) is 4.79 Å². The van der Waals surface area contributed by atoms with Gasteiger partial charge >= 0.3 is 5.97 Å². The van der Waals surface area contributed by atoms with Crippen molar-refractivity contribution in [3.63, 3.8) is 0 Å². The smallest absolute Gasteiger partial charge is 0.306 e. The number of para-hydroxylation sites is 1. The van der Waals surface area contributed by atoms with E-state index in [0.29, 0.717) is 6.61 Å². The average Bonchev–Trinajstić information content (AvgIpc) is 3.03. The number of hydrogen-bond acceptors (Lipinski definition) is 3. The van der Waals surface area contributed by atoms with Crippen LogP contribution in [0.2, 0.25) is 0 Å². The molecule has 0 aliphatic carbocycles. The normalized spacial score (nSPS) is 13.9. The fourth-order valence-electron chi connectivity index (χ4n) is 2.86. The van der Waals surface area contributed by atoms with Gasteiger partial charge in [-0.2, -0.15) is 0 Å². The summed E-state index contributed by atoms with van der Waals surface area (Å²) in [6, 6.07) is 7.83. The van der Waals surface area contributed by atoms with Gasteiger partial charge in [-0.15, -0.1) is 0 Å². The molecule has 0 aromatic heterocycles. The zero-order chi connectivity index (χ0) is 18.0. The van der Waals surface area contributed by atoms with Crippen LogP contribution in [0.4, 0.5) is 8.78 Å². The third-order valence-electron chi connectivity index (χ3n) is 4.19. The maximum atomic E-state index is 14.2. The van der Waals surface area contributed by atoms with Gasteiger partial charge in [0.05, 0.1) is 12.5 Å². The molecule has 6 heteroatoms. The summed E-state index contributed by atoms with van der Waals surface area (Å²) in [5.41, 5.74) is 2.07. The number of halogens is 2. The van der Waals surface area contributed by atoms with E-state index in [2.05, 4.69) is 0 Å². The van der Waals surface area contributed by atoms with Crippen molar-refractivity contribution in [1.29, 1.82) is 0 Å². The van der Waals surface area contributed by atoms with Crippen LogP contribution in [0.5, 0.6) is 11.5 Å². The zero-order valence-electron chi connectivity index (χ0n) is 13.7. The number of rotatable bonds is 6. The molecule has 0 fully saturated rings. The van der Waals surface area contributed by atoms with Gasteiger partial charge in [-0.05, 0) is 29.7 Å². The van der Waals surface area contributed by atoms with Crippen LogP contribution < -0.4 is 9.47 Å². The van der Waals surface area contributed by atoms with Crippen molar-refractivity contribution in [2.24, 2.45) is 5.92 Å². The van der Waals surface area contributed by atoms with E-state index in [1.807, 2.05) is 12.1 Å². The minimum Gasteiger partial charge on any atom is -0.493 e. The topological polar surface area (TPSA) is 55.8 Å². The van der Waals surface area contributed by atoms with Crippen LogP contribution in [0.25, 0.3) is 0 Å². The molecule has 0 spiro atoms. The summed E-state index contributed by atoms with van der Waals surface area (Å²) in [5, 5.41) is 8.90. The third-order valence-corrected chi connectivity index (χ3v) is 4.19. The summed E-state index contributed by atoms with van der Waals surface area (Å²) in [6.07, 6.45) is 0.853. The monoisotopic (exact) mass is 348 g/mol. The van der Waals surface area contributed by atoms with Gasteiger partial charge in [0.15, 0.2) is 17.4 Å².